The SMILES string of the molecule is O=C1CN(/C=C/CCl)C(=O)CN1. The van der Waals surface area contributed by atoms with Gasteiger partial charge in [-0.05, 0) is 0 Å². The Bertz CT molecular complexity index is 227. The lowest BCUT2D eigenvalue weighted by Gasteiger charge is -2.22. The monoisotopic (exact) mass is 188 g/mol. The van der Waals surface area contributed by atoms with Crippen molar-refractivity contribution in [1.82, 2.24) is 10.2 Å². The third kappa shape index (κ3) is 2.23. The van der Waals surface area contributed by atoms with Gasteiger partial charge in [-0.1, -0.05) is 6.08 Å². The van der Waals surface area contributed by atoms with E-state index in [-0.39, 0.29) is 24.9 Å². The summed E-state index contributed by atoms with van der Waals surface area (Å²) in [6.45, 7) is 0.164. The maximum atomic E-state index is 11.1. The second-order valence-corrected chi connectivity index (χ2v) is 2.65. The van der Waals surface area contributed by atoms with Gasteiger partial charge in [0.2, 0.25) is 11.8 Å². The molecule has 0 atom stereocenters. The van der Waals surface area contributed by atoms with Crippen LogP contribution in [0, 0.1) is 0 Å². The first-order valence-corrected chi connectivity index (χ1v) is 4.06. The summed E-state index contributed by atoms with van der Waals surface area (Å²) in [5, 5.41) is 2.44. The van der Waals surface area contributed by atoms with Gasteiger partial charge in [0.15, 0.2) is 0 Å². The number of halogens is 1. The summed E-state index contributed by atoms with van der Waals surface area (Å²) in [7, 11) is 0. The van der Waals surface area contributed by atoms with E-state index in [1.54, 1.807) is 6.08 Å². The number of alkyl halides is 1. The van der Waals surface area contributed by atoms with Crippen molar-refractivity contribution in [3.63, 3.8) is 0 Å². The van der Waals surface area contributed by atoms with Crippen LogP contribution in [0.3, 0.4) is 0 Å². The Hall–Kier alpha value is -1.03. The summed E-state index contributed by atoms with van der Waals surface area (Å²) >= 11 is 5.38. The molecule has 0 aromatic rings. The smallest absolute Gasteiger partial charge is 0.246 e. The van der Waals surface area contributed by atoms with Crippen LogP contribution < -0.4 is 5.32 Å². The van der Waals surface area contributed by atoms with Gasteiger partial charge in [-0.25, -0.2) is 0 Å². The van der Waals surface area contributed by atoms with Crippen LogP contribution in [0.25, 0.3) is 0 Å². The highest BCUT2D eigenvalue weighted by Crippen LogP contribution is 1.96. The first-order valence-electron chi connectivity index (χ1n) is 3.53. The van der Waals surface area contributed by atoms with Crippen LogP contribution in [0.4, 0.5) is 0 Å². The molecule has 0 aliphatic carbocycles. The summed E-state index contributed by atoms with van der Waals surface area (Å²) < 4.78 is 0. The van der Waals surface area contributed by atoms with E-state index >= 15 is 0 Å². The van der Waals surface area contributed by atoms with Crippen molar-refractivity contribution in [2.24, 2.45) is 0 Å². The van der Waals surface area contributed by atoms with E-state index < -0.39 is 0 Å². The molecule has 0 radical (unpaired) electrons. The van der Waals surface area contributed by atoms with Gasteiger partial charge in [0.1, 0.15) is 6.54 Å². The fourth-order valence-corrected chi connectivity index (χ4v) is 0.957. The van der Waals surface area contributed by atoms with Crippen molar-refractivity contribution in [1.29, 1.82) is 0 Å². The number of hydrogen-bond donors (Lipinski definition) is 1. The van der Waals surface area contributed by atoms with Crippen molar-refractivity contribution in [3.05, 3.63) is 12.3 Å². The van der Waals surface area contributed by atoms with E-state index in [0.717, 1.165) is 0 Å². The molecule has 1 aliphatic rings. The zero-order valence-electron chi connectivity index (χ0n) is 6.42. The Morgan fingerprint density at radius 2 is 2.33 bits per heavy atom. The predicted molar refractivity (Wildman–Crippen MR) is 44.6 cm³/mol. The molecule has 1 heterocycles. The molecule has 1 N–H and O–H groups in total. The number of carbonyl (C=O) groups is 2. The van der Waals surface area contributed by atoms with Crippen LogP contribution in [0.15, 0.2) is 12.3 Å². The van der Waals surface area contributed by atoms with Gasteiger partial charge >= 0.3 is 0 Å². The van der Waals surface area contributed by atoms with E-state index in [1.807, 2.05) is 0 Å². The quantitative estimate of drug-likeness (QED) is 0.605. The Labute approximate surface area is 75.2 Å². The number of hydrogen-bond acceptors (Lipinski definition) is 2. The minimum Gasteiger partial charge on any atom is -0.345 e. The van der Waals surface area contributed by atoms with Gasteiger partial charge < -0.3 is 10.2 Å². The molecule has 0 unspecified atom stereocenters. The highest BCUT2D eigenvalue weighted by Gasteiger charge is 2.20. The van der Waals surface area contributed by atoms with Gasteiger partial charge in [0, 0.05) is 12.1 Å². The molecule has 0 aromatic carbocycles. The molecule has 0 aromatic heterocycles. The number of amides is 2. The molecule has 1 fully saturated rings. The van der Waals surface area contributed by atoms with Gasteiger partial charge in [-0.3, -0.25) is 9.59 Å². The lowest BCUT2D eigenvalue weighted by Crippen LogP contribution is -2.49. The lowest BCUT2D eigenvalue weighted by molar-refractivity contribution is -0.137. The van der Waals surface area contributed by atoms with Crippen LogP contribution >= 0.6 is 11.6 Å². The van der Waals surface area contributed by atoms with Gasteiger partial charge in [0.05, 0.1) is 6.54 Å². The molecule has 0 saturated carbocycles. The Morgan fingerprint density at radius 1 is 1.58 bits per heavy atom. The molecule has 66 valence electrons. The fourth-order valence-electron chi connectivity index (χ4n) is 0.877. The molecule has 5 heteroatoms. The topological polar surface area (TPSA) is 49.4 Å². The zero-order chi connectivity index (χ0) is 8.97. The van der Waals surface area contributed by atoms with E-state index in [0.29, 0.717) is 5.88 Å². The van der Waals surface area contributed by atoms with Crippen LogP contribution in [0.1, 0.15) is 0 Å². The van der Waals surface area contributed by atoms with Crippen LogP contribution in [0.2, 0.25) is 0 Å². The normalized spacial score (nSPS) is 18.6. The minimum atomic E-state index is -0.145. The maximum absolute atomic E-state index is 11.1. The first-order chi connectivity index (χ1) is 5.74. The summed E-state index contributed by atoms with van der Waals surface area (Å²) in [4.78, 5) is 23.2. The molecule has 1 rings (SSSR count). The summed E-state index contributed by atoms with van der Waals surface area (Å²) in [5.74, 6) is 0.0792. The van der Waals surface area contributed by atoms with Crippen LogP contribution in [-0.4, -0.2) is 35.7 Å². The highest BCUT2D eigenvalue weighted by molar-refractivity contribution is 6.18. The molecule has 12 heavy (non-hydrogen) atoms. The van der Waals surface area contributed by atoms with E-state index in [4.69, 9.17) is 11.6 Å². The van der Waals surface area contributed by atoms with Gasteiger partial charge in [-0.2, -0.15) is 0 Å². The average molecular weight is 189 g/mol. The average Bonchev–Trinajstić information content (AvgIpc) is 2.07. The third-order valence-corrected chi connectivity index (χ3v) is 1.62. The number of carbonyl (C=O) groups excluding carboxylic acids is 2. The third-order valence-electron chi connectivity index (χ3n) is 1.45. The first kappa shape index (κ1) is 9.06. The van der Waals surface area contributed by atoms with Crippen molar-refractivity contribution in [2.45, 2.75) is 0 Å². The number of nitrogens with one attached hydrogen (secondary N) is 1. The lowest BCUT2D eigenvalue weighted by atomic mass is 10.3. The van der Waals surface area contributed by atoms with E-state index in [9.17, 15) is 9.59 Å². The molecular formula is C7H9ClN2O2. The van der Waals surface area contributed by atoms with Gasteiger partial charge in [-0.15, -0.1) is 11.6 Å². The molecule has 0 spiro atoms. The van der Waals surface area contributed by atoms with Crippen LogP contribution in [0.5, 0.6) is 0 Å². The fraction of sp³-hybridized carbons (Fsp3) is 0.429. The largest absolute Gasteiger partial charge is 0.345 e. The number of nitrogens with zero attached hydrogens (tertiary/aromatic N) is 1. The summed E-state index contributed by atoms with van der Waals surface area (Å²) in [6.07, 6.45) is 3.16. The van der Waals surface area contributed by atoms with Crippen molar-refractivity contribution in [3.8, 4) is 0 Å². The molecule has 1 saturated heterocycles. The zero-order valence-corrected chi connectivity index (χ0v) is 7.17. The van der Waals surface area contributed by atoms with Crippen LogP contribution in [-0.2, 0) is 9.59 Å². The maximum Gasteiger partial charge on any atom is 0.246 e. The van der Waals surface area contributed by atoms with Crippen molar-refractivity contribution >= 4 is 23.4 Å². The molecular weight excluding hydrogens is 180 g/mol. The minimum absolute atomic E-state index is 0.0749. The van der Waals surface area contributed by atoms with E-state index in [1.165, 1.54) is 11.1 Å². The number of piperazine rings is 1. The van der Waals surface area contributed by atoms with E-state index in [2.05, 4.69) is 5.32 Å². The Balaban J connectivity index is 2.55. The second-order valence-electron chi connectivity index (χ2n) is 2.34. The number of rotatable bonds is 2. The Morgan fingerprint density at radius 3 is 3.00 bits per heavy atom. The molecule has 2 amide bonds. The standard InChI is InChI=1S/C7H9ClN2O2/c8-2-1-3-10-5-6(11)9-4-7(10)12/h1,3H,2,4-5H2,(H,9,11)/b3-1+. The Kier molecular flexibility index (Phi) is 3.10. The molecule has 1 aliphatic heterocycles. The molecule has 0 bridgehead atoms. The van der Waals surface area contributed by atoms with Crippen molar-refractivity contribution in [2.75, 3.05) is 19.0 Å². The number of allylic oxidation sites excluding steroid dienone is 1. The summed E-state index contributed by atoms with van der Waals surface area (Å²) in [6, 6.07) is 0. The van der Waals surface area contributed by atoms with Gasteiger partial charge in [0.25, 0.3) is 0 Å². The van der Waals surface area contributed by atoms with Crippen molar-refractivity contribution < 1.29 is 9.59 Å². The predicted octanol–water partition coefficient (Wildman–Crippen LogP) is -0.303. The highest BCUT2D eigenvalue weighted by atomic mass is 35.5. The molecule has 4 nitrogen and oxygen atoms in total. The second kappa shape index (κ2) is 4.11. The summed E-state index contributed by atoms with van der Waals surface area (Å²) in [5.41, 5.74) is 0.